The highest BCUT2D eigenvalue weighted by molar-refractivity contribution is 6.35. The van der Waals surface area contributed by atoms with E-state index in [1.165, 1.54) is 22.9 Å². The van der Waals surface area contributed by atoms with Gasteiger partial charge in [0, 0.05) is 23.3 Å². The zero-order valence-electron chi connectivity index (χ0n) is 11.5. The average Bonchev–Trinajstić information content (AvgIpc) is 2.76. The van der Waals surface area contributed by atoms with Gasteiger partial charge in [-0.3, -0.25) is 14.4 Å². The number of Topliss-reactive ketones (excluding diaryl/α,β-unsaturated/α-hetero) is 2. The van der Waals surface area contributed by atoms with Crippen LogP contribution in [0.4, 0.5) is 0 Å². The molecule has 1 aliphatic rings. The van der Waals surface area contributed by atoms with Crippen molar-refractivity contribution in [3.05, 3.63) is 71.6 Å². The van der Waals surface area contributed by atoms with Crippen molar-refractivity contribution in [3.63, 3.8) is 0 Å². The van der Waals surface area contributed by atoms with Crippen LogP contribution in [-0.4, -0.2) is 28.6 Å². The molecule has 0 aliphatic heterocycles. The van der Waals surface area contributed by atoms with Crippen LogP contribution in [0.25, 0.3) is 6.20 Å². The van der Waals surface area contributed by atoms with E-state index < -0.39 is 17.2 Å². The first-order valence-electron chi connectivity index (χ1n) is 6.63. The molecule has 22 heavy (non-hydrogen) atoms. The van der Waals surface area contributed by atoms with E-state index in [-0.39, 0.29) is 16.7 Å². The first-order valence-corrected chi connectivity index (χ1v) is 6.63. The number of rotatable bonds is 3. The standard InChI is InChI=1S/C17H12NO4/c19-11-12(10-18-8-4-1-5-9-18)17(22)15(20)13-6-2-3-7-14(13)16(17)21/h1-11,22H/q+1/b12-10+. The van der Waals surface area contributed by atoms with E-state index in [2.05, 4.69) is 0 Å². The highest BCUT2D eigenvalue weighted by Crippen LogP contribution is 2.34. The van der Waals surface area contributed by atoms with E-state index >= 15 is 0 Å². The molecule has 0 unspecified atom stereocenters. The minimum Gasteiger partial charge on any atom is -0.370 e. The molecule has 1 aliphatic carbocycles. The molecule has 5 nitrogen and oxygen atoms in total. The predicted octanol–water partition coefficient (Wildman–Crippen LogP) is 0.824. The summed E-state index contributed by atoms with van der Waals surface area (Å²) in [6.45, 7) is 0. The first kappa shape index (κ1) is 14.0. The van der Waals surface area contributed by atoms with Gasteiger partial charge in [0.05, 0.1) is 0 Å². The molecule has 1 heterocycles. The van der Waals surface area contributed by atoms with Crippen LogP contribution < -0.4 is 4.57 Å². The average molecular weight is 294 g/mol. The molecule has 0 saturated carbocycles. The van der Waals surface area contributed by atoms with Crippen LogP contribution >= 0.6 is 0 Å². The second-order valence-electron chi connectivity index (χ2n) is 4.94. The molecule has 3 rings (SSSR count). The first-order chi connectivity index (χ1) is 10.6. The number of aldehydes is 1. The number of carbonyl (C=O) groups is 3. The summed E-state index contributed by atoms with van der Waals surface area (Å²) in [6, 6.07) is 11.3. The van der Waals surface area contributed by atoms with Crippen LogP contribution in [-0.2, 0) is 4.79 Å². The third-order valence-electron chi connectivity index (χ3n) is 3.65. The summed E-state index contributed by atoms with van der Waals surface area (Å²) in [6.07, 6.45) is 4.87. The van der Waals surface area contributed by atoms with E-state index in [0.29, 0.717) is 6.29 Å². The van der Waals surface area contributed by atoms with Gasteiger partial charge in [0.15, 0.2) is 24.9 Å². The van der Waals surface area contributed by atoms with E-state index in [1.54, 1.807) is 42.7 Å². The summed E-state index contributed by atoms with van der Waals surface area (Å²) >= 11 is 0. The molecule has 0 saturated heterocycles. The maximum Gasteiger partial charge on any atom is 0.225 e. The van der Waals surface area contributed by atoms with Crippen molar-refractivity contribution in [2.24, 2.45) is 0 Å². The fourth-order valence-electron chi connectivity index (χ4n) is 2.50. The summed E-state index contributed by atoms with van der Waals surface area (Å²) in [5.74, 6) is -1.55. The summed E-state index contributed by atoms with van der Waals surface area (Å²) < 4.78 is 1.49. The van der Waals surface area contributed by atoms with Gasteiger partial charge in [-0.25, -0.2) is 0 Å². The lowest BCUT2D eigenvalue weighted by atomic mass is 9.89. The number of pyridine rings is 1. The van der Waals surface area contributed by atoms with Gasteiger partial charge >= 0.3 is 0 Å². The second-order valence-corrected chi connectivity index (χ2v) is 4.94. The third-order valence-corrected chi connectivity index (χ3v) is 3.65. The second kappa shape index (κ2) is 5.13. The molecule has 0 atom stereocenters. The molecule has 0 fully saturated rings. The monoisotopic (exact) mass is 294 g/mol. The fraction of sp³-hybridized carbons (Fsp3) is 0.0588. The molecule has 2 aromatic rings. The smallest absolute Gasteiger partial charge is 0.225 e. The Bertz CT molecular complexity index is 773. The molecule has 0 bridgehead atoms. The number of carbonyl (C=O) groups excluding carboxylic acids is 3. The molecule has 0 radical (unpaired) electrons. The topological polar surface area (TPSA) is 75.3 Å². The molecule has 1 N–H and O–H groups in total. The van der Waals surface area contributed by atoms with Gasteiger partial charge in [-0.1, -0.05) is 30.3 Å². The Morgan fingerprint density at radius 2 is 1.50 bits per heavy atom. The highest BCUT2D eigenvalue weighted by Gasteiger charge is 2.55. The maximum atomic E-state index is 12.4. The Morgan fingerprint density at radius 3 is 2.00 bits per heavy atom. The van der Waals surface area contributed by atoms with Crippen LogP contribution in [0.15, 0.2) is 60.4 Å². The van der Waals surface area contributed by atoms with Gasteiger partial charge < -0.3 is 5.11 Å². The van der Waals surface area contributed by atoms with E-state index in [1.807, 2.05) is 0 Å². The van der Waals surface area contributed by atoms with Gasteiger partial charge in [-0.15, -0.1) is 0 Å². The van der Waals surface area contributed by atoms with Crippen molar-refractivity contribution in [1.82, 2.24) is 0 Å². The number of nitrogens with zero attached hydrogens (tertiary/aromatic N) is 1. The van der Waals surface area contributed by atoms with E-state index in [0.717, 1.165) is 0 Å². The van der Waals surface area contributed by atoms with Crippen molar-refractivity contribution >= 4 is 24.1 Å². The maximum absolute atomic E-state index is 12.4. The van der Waals surface area contributed by atoms with Crippen molar-refractivity contribution in [1.29, 1.82) is 0 Å². The summed E-state index contributed by atoms with van der Waals surface area (Å²) in [5, 5.41) is 10.7. The molecule has 0 amide bonds. The molecular weight excluding hydrogens is 282 g/mol. The number of aliphatic hydroxyl groups is 1. The predicted molar refractivity (Wildman–Crippen MR) is 77.0 cm³/mol. The Hall–Kier alpha value is -2.92. The van der Waals surface area contributed by atoms with Crippen LogP contribution in [0.5, 0.6) is 0 Å². The largest absolute Gasteiger partial charge is 0.370 e. The zero-order valence-corrected chi connectivity index (χ0v) is 11.5. The Labute approximate surface area is 126 Å². The van der Waals surface area contributed by atoms with Gasteiger partial charge in [0.2, 0.25) is 17.2 Å². The number of benzene rings is 1. The Morgan fingerprint density at radius 1 is 0.955 bits per heavy atom. The summed E-state index contributed by atoms with van der Waals surface area (Å²) in [7, 11) is 0. The van der Waals surface area contributed by atoms with Crippen LogP contribution in [0, 0.1) is 0 Å². The van der Waals surface area contributed by atoms with Crippen LogP contribution in [0.3, 0.4) is 0 Å². The third kappa shape index (κ3) is 1.91. The van der Waals surface area contributed by atoms with Crippen molar-refractivity contribution < 1.29 is 24.1 Å². The fourth-order valence-corrected chi connectivity index (χ4v) is 2.50. The number of fused-ring (bicyclic) bond motifs is 1. The lowest BCUT2D eigenvalue weighted by Crippen LogP contribution is -2.45. The summed E-state index contributed by atoms with van der Waals surface area (Å²) in [4.78, 5) is 36.3. The quantitative estimate of drug-likeness (QED) is 0.394. The van der Waals surface area contributed by atoms with Crippen LogP contribution in [0.2, 0.25) is 0 Å². The van der Waals surface area contributed by atoms with Crippen LogP contribution in [0.1, 0.15) is 20.7 Å². The minimum atomic E-state index is -2.46. The molecule has 0 spiro atoms. The SMILES string of the molecule is O=C/C(=C\[n+]1ccccc1)C1(O)C(=O)c2ccccc2C1=O. The number of aromatic nitrogens is 1. The molecule has 108 valence electrons. The number of ketones is 2. The summed E-state index contributed by atoms with van der Waals surface area (Å²) in [5.41, 5.74) is -2.51. The highest BCUT2D eigenvalue weighted by atomic mass is 16.3. The Kier molecular flexibility index (Phi) is 3.27. The number of hydrogen-bond acceptors (Lipinski definition) is 4. The van der Waals surface area contributed by atoms with Gasteiger partial charge in [0.25, 0.3) is 0 Å². The Balaban J connectivity index is 2.14. The molecule has 5 heteroatoms. The lowest BCUT2D eigenvalue weighted by Gasteiger charge is -2.17. The zero-order chi connectivity index (χ0) is 15.7. The van der Waals surface area contributed by atoms with Crippen molar-refractivity contribution in [2.45, 2.75) is 5.60 Å². The van der Waals surface area contributed by atoms with Crippen molar-refractivity contribution in [2.75, 3.05) is 0 Å². The lowest BCUT2D eigenvalue weighted by molar-refractivity contribution is -0.568. The van der Waals surface area contributed by atoms with Gasteiger partial charge in [-0.05, 0) is 0 Å². The molecule has 1 aromatic heterocycles. The number of hydrogen-bond donors (Lipinski definition) is 1. The van der Waals surface area contributed by atoms with E-state index in [4.69, 9.17) is 0 Å². The normalized spacial score (nSPS) is 16.5. The molecular formula is C17H12NO4+. The minimum absolute atomic E-state index is 0.126. The molecule has 1 aromatic carbocycles. The van der Waals surface area contributed by atoms with Gasteiger partial charge in [-0.2, -0.15) is 4.57 Å². The van der Waals surface area contributed by atoms with Crippen molar-refractivity contribution in [3.8, 4) is 0 Å². The van der Waals surface area contributed by atoms with Gasteiger partial charge in [0.1, 0.15) is 5.57 Å². The van der Waals surface area contributed by atoms with E-state index in [9.17, 15) is 19.5 Å².